The molecule has 0 radical (unpaired) electrons. The van der Waals surface area contributed by atoms with Crippen molar-refractivity contribution in [3.05, 3.63) is 81.7 Å². The second-order valence-corrected chi connectivity index (χ2v) is 7.28. The molecule has 11 heteroatoms. The van der Waals surface area contributed by atoms with Gasteiger partial charge in [-0.05, 0) is 46.3 Å². The third-order valence-corrected chi connectivity index (χ3v) is 5.46. The zero-order valence-corrected chi connectivity index (χ0v) is 16.4. The number of hydrogen-bond acceptors (Lipinski definition) is 4. The van der Waals surface area contributed by atoms with E-state index in [4.69, 9.17) is 23.2 Å². The standard InChI is InChI=1S/C19H11Cl2F4N5/c20-14-4-5-16-12(18(14)21)3-6-17(27-16)19(24,25)13(8-30-9-26-28-29-30)11-2-1-10(22)7-15(11)23/h1-7,9,13H,8H2. The van der Waals surface area contributed by atoms with E-state index >= 15 is 8.78 Å². The van der Waals surface area contributed by atoms with Crippen LogP contribution in [0.1, 0.15) is 17.2 Å². The molecule has 0 spiro atoms. The number of fused-ring (bicyclic) bond motifs is 1. The van der Waals surface area contributed by atoms with Gasteiger partial charge in [-0.25, -0.2) is 18.4 Å². The normalized spacial score (nSPS) is 13.0. The molecule has 0 aliphatic heterocycles. The number of nitrogens with zero attached hydrogens (tertiary/aromatic N) is 5. The molecule has 1 unspecified atom stereocenters. The molecule has 4 rings (SSSR count). The van der Waals surface area contributed by atoms with Crippen molar-refractivity contribution in [2.24, 2.45) is 0 Å². The first kappa shape index (κ1) is 20.5. The van der Waals surface area contributed by atoms with E-state index in [1.807, 2.05) is 0 Å². The summed E-state index contributed by atoms with van der Waals surface area (Å²) in [5, 5.41) is 11.2. The smallest absolute Gasteiger partial charge is 0.246 e. The van der Waals surface area contributed by atoms with Crippen LogP contribution in [0.4, 0.5) is 17.6 Å². The van der Waals surface area contributed by atoms with E-state index < -0.39 is 41.3 Å². The van der Waals surface area contributed by atoms with Crippen LogP contribution in [0.2, 0.25) is 10.0 Å². The number of alkyl halides is 2. The summed E-state index contributed by atoms with van der Waals surface area (Å²) in [6.45, 7) is -0.469. The van der Waals surface area contributed by atoms with Crippen molar-refractivity contribution in [3.63, 3.8) is 0 Å². The van der Waals surface area contributed by atoms with Crippen LogP contribution in [-0.4, -0.2) is 25.2 Å². The molecule has 154 valence electrons. The van der Waals surface area contributed by atoms with Crippen LogP contribution in [-0.2, 0) is 12.5 Å². The molecule has 2 aromatic carbocycles. The number of tetrazole rings is 1. The van der Waals surface area contributed by atoms with E-state index in [2.05, 4.69) is 20.5 Å². The first-order valence-electron chi connectivity index (χ1n) is 8.56. The molecule has 0 saturated carbocycles. The highest BCUT2D eigenvalue weighted by Crippen LogP contribution is 2.44. The van der Waals surface area contributed by atoms with E-state index in [9.17, 15) is 8.78 Å². The second kappa shape index (κ2) is 7.81. The molecule has 0 amide bonds. The van der Waals surface area contributed by atoms with Crippen molar-refractivity contribution in [2.45, 2.75) is 18.4 Å². The molecule has 0 saturated heterocycles. The maximum Gasteiger partial charge on any atom is 0.298 e. The maximum absolute atomic E-state index is 15.6. The van der Waals surface area contributed by atoms with Gasteiger partial charge in [0.1, 0.15) is 23.7 Å². The zero-order chi connectivity index (χ0) is 21.5. The molecule has 0 fully saturated rings. The Kier molecular flexibility index (Phi) is 5.33. The average Bonchev–Trinajstić information content (AvgIpc) is 3.22. The van der Waals surface area contributed by atoms with Gasteiger partial charge >= 0.3 is 0 Å². The van der Waals surface area contributed by atoms with Gasteiger partial charge in [0.2, 0.25) is 0 Å². The SMILES string of the molecule is Fc1ccc(C(Cn2cnnn2)C(F)(F)c2ccc3c(Cl)c(Cl)ccc3n2)c(F)c1. The van der Waals surface area contributed by atoms with Gasteiger partial charge in [-0.3, -0.25) is 0 Å². The molecule has 0 aliphatic rings. The zero-order valence-electron chi connectivity index (χ0n) is 14.9. The second-order valence-electron chi connectivity index (χ2n) is 6.50. The number of aromatic nitrogens is 5. The van der Waals surface area contributed by atoms with Gasteiger partial charge in [-0.1, -0.05) is 29.3 Å². The minimum atomic E-state index is -3.66. The van der Waals surface area contributed by atoms with Gasteiger partial charge in [0.15, 0.2) is 0 Å². The summed E-state index contributed by atoms with van der Waals surface area (Å²) < 4.78 is 60.1. The monoisotopic (exact) mass is 455 g/mol. The van der Waals surface area contributed by atoms with Crippen LogP contribution in [0.3, 0.4) is 0 Å². The van der Waals surface area contributed by atoms with Crippen LogP contribution < -0.4 is 0 Å². The molecule has 2 aromatic heterocycles. The third-order valence-electron chi connectivity index (χ3n) is 4.64. The molecule has 2 heterocycles. The summed E-state index contributed by atoms with van der Waals surface area (Å²) in [6.07, 6.45) is 1.13. The fourth-order valence-electron chi connectivity index (χ4n) is 3.15. The number of halogens is 6. The summed E-state index contributed by atoms with van der Waals surface area (Å²) in [5.41, 5.74) is -0.814. The first-order valence-corrected chi connectivity index (χ1v) is 9.31. The number of benzene rings is 2. The van der Waals surface area contributed by atoms with Gasteiger partial charge in [0.05, 0.1) is 28.0 Å². The van der Waals surface area contributed by atoms with Crippen LogP contribution in [0.5, 0.6) is 0 Å². The van der Waals surface area contributed by atoms with Crippen LogP contribution in [0.25, 0.3) is 10.9 Å². The Hall–Kier alpha value is -2.78. The predicted octanol–water partition coefficient (Wildman–Crippen LogP) is 5.38. The molecular weight excluding hydrogens is 445 g/mol. The molecular formula is C19H11Cl2F4N5. The quantitative estimate of drug-likeness (QED) is 0.379. The van der Waals surface area contributed by atoms with E-state index in [-0.39, 0.29) is 15.6 Å². The van der Waals surface area contributed by atoms with Gasteiger partial charge in [-0.15, -0.1) is 5.10 Å². The number of rotatable bonds is 5. The summed E-state index contributed by atoms with van der Waals surface area (Å²) >= 11 is 12.1. The highest BCUT2D eigenvalue weighted by atomic mass is 35.5. The van der Waals surface area contributed by atoms with E-state index in [0.717, 1.165) is 29.2 Å². The Morgan fingerprint density at radius 2 is 1.83 bits per heavy atom. The number of hydrogen-bond donors (Lipinski definition) is 0. The summed E-state index contributed by atoms with van der Waals surface area (Å²) in [7, 11) is 0. The molecule has 4 aromatic rings. The first-order chi connectivity index (χ1) is 14.3. The molecule has 0 bridgehead atoms. The lowest BCUT2D eigenvalue weighted by molar-refractivity contribution is -0.0452. The van der Waals surface area contributed by atoms with Crippen molar-refractivity contribution in [1.82, 2.24) is 25.2 Å². The van der Waals surface area contributed by atoms with E-state index in [1.165, 1.54) is 18.2 Å². The summed E-state index contributed by atoms with van der Waals surface area (Å²) in [4.78, 5) is 4.02. The van der Waals surface area contributed by atoms with Crippen molar-refractivity contribution < 1.29 is 17.6 Å². The third kappa shape index (κ3) is 3.70. The largest absolute Gasteiger partial charge is 0.298 e. The van der Waals surface area contributed by atoms with Gasteiger partial charge in [0, 0.05) is 11.5 Å². The molecule has 1 atom stereocenters. The fourth-order valence-corrected chi connectivity index (χ4v) is 3.54. The fraction of sp³-hybridized carbons (Fsp3) is 0.158. The van der Waals surface area contributed by atoms with Crippen molar-refractivity contribution >= 4 is 34.1 Å². The highest BCUT2D eigenvalue weighted by Gasteiger charge is 2.45. The predicted molar refractivity (Wildman–Crippen MR) is 103 cm³/mol. The maximum atomic E-state index is 15.6. The van der Waals surface area contributed by atoms with Gasteiger partial charge < -0.3 is 0 Å². The lowest BCUT2D eigenvalue weighted by Gasteiger charge is -2.27. The van der Waals surface area contributed by atoms with Gasteiger partial charge in [-0.2, -0.15) is 8.78 Å². The minimum Gasteiger partial charge on any atom is -0.246 e. The van der Waals surface area contributed by atoms with E-state index in [1.54, 1.807) is 0 Å². The topological polar surface area (TPSA) is 56.5 Å². The summed E-state index contributed by atoms with van der Waals surface area (Å²) in [5.74, 6) is -7.42. The Bertz CT molecular complexity index is 1220. The van der Waals surface area contributed by atoms with Gasteiger partial charge in [0.25, 0.3) is 5.92 Å². The molecule has 30 heavy (non-hydrogen) atoms. The minimum absolute atomic E-state index is 0.186. The Balaban J connectivity index is 1.84. The summed E-state index contributed by atoms with van der Waals surface area (Å²) in [6, 6.07) is 7.81. The van der Waals surface area contributed by atoms with Crippen LogP contribution >= 0.6 is 23.2 Å². The molecule has 5 nitrogen and oxygen atoms in total. The molecule has 0 aliphatic carbocycles. The number of pyridine rings is 1. The Morgan fingerprint density at radius 3 is 2.53 bits per heavy atom. The average molecular weight is 456 g/mol. The Labute approximate surface area is 177 Å². The van der Waals surface area contributed by atoms with Crippen LogP contribution in [0.15, 0.2) is 48.8 Å². The lowest BCUT2D eigenvalue weighted by Crippen LogP contribution is -2.30. The lowest BCUT2D eigenvalue weighted by atomic mass is 9.89. The van der Waals surface area contributed by atoms with Crippen molar-refractivity contribution in [2.75, 3.05) is 0 Å². The highest BCUT2D eigenvalue weighted by molar-refractivity contribution is 6.45. The Morgan fingerprint density at radius 1 is 1.03 bits per heavy atom. The van der Waals surface area contributed by atoms with E-state index in [0.29, 0.717) is 11.5 Å². The van der Waals surface area contributed by atoms with Crippen molar-refractivity contribution in [3.8, 4) is 0 Å². The molecule has 0 N–H and O–H groups in total. The van der Waals surface area contributed by atoms with Crippen LogP contribution in [0, 0.1) is 11.6 Å². The van der Waals surface area contributed by atoms with Crippen molar-refractivity contribution in [1.29, 1.82) is 0 Å².